The summed E-state index contributed by atoms with van der Waals surface area (Å²) >= 11 is 0. The Hall–Kier alpha value is 0.360. The van der Waals surface area contributed by atoms with Gasteiger partial charge in [-0.3, -0.25) is 0 Å². The first-order valence-electron chi connectivity index (χ1n) is 9.00. The number of rotatable bonds is 13. The predicted molar refractivity (Wildman–Crippen MR) is 98.7 cm³/mol. The van der Waals surface area contributed by atoms with E-state index in [-0.39, 0.29) is 0 Å². The van der Waals surface area contributed by atoms with Gasteiger partial charge in [0.1, 0.15) is 17.3 Å². The van der Waals surface area contributed by atoms with Crippen LogP contribution in [0, 0.1) is 0 Å². The van der Waals surface area contributed by atoms with Crippen molar-refractivity contribution in [2.75, 3.05) is 17.3 Å². The minimum atomic E-state index is -10.7. The summed E-state index contributed by atoms with van der Waals surface area (Å²) in [7, 11) is -9.89. The molecule has 0 aromatic heterocycles. The molecule has 0 fully saturated rings. The Balaban J connectivity index is 0. The van der Waals surface area contributed by atoms with Crippen molar-refractivity contribution in [2.24, 2.45) is 0 Å². The van der Waals surface area contributed by atoms with Crippen LogP contribution in [0.4, 0.5) is 25.2 Å². The molecule has 0 nitrogen and oxygen atoms in total. The van der Waals surface area contributed by atoms with Crippen molar-refractivity contribution in [1.82, 2.24) is 0 Å². The van der Waals surface area contributed by atoms with E-state index in [1.807, 2.05) is 0 Å². The van der Waals surface area contributed by atoms with Gasteiger partial charge in [0.15, 0.2) is 0 Å². The van der Waals surface area contributed by atoms with Gasteiger partial charge in [-0.15, -0.1) is 0 Å². The number of hydrogen-bond acceptors (Lipinski definition) is 0. The molecule has 24 heavy (non-hydrogen) atoms. The summed E-state index contributed by atoms with van der Waals surface area (Å²) in [5, 5.41) is 0. The molecule has 0 aliphatic rings. The summed E-state index contributed by atoms with van der Waals surface area (Å²) < 4.78 is 59.2. The van der Waals surface area contributed by atoms with Gasteiger partial charge in [-0.1, -0.05) is 46.5 Å². The number of halogens is 6. The SMILES string of the molecule is CCCCCC[S+](CCCCC)CCCCC.F[P-](F)(F)(F)(F)F. The molecular formula is C16H35F6PS. The van der Waals surface area contributed by atoms with E-state index in [9.17, 15) is 25.2 Å². The molecule has 8 heteroatoms. The van der Waals surface area contributed by atoms with Gasteiger partial charge in [0.05, 0.1) is 0 Å². The second-order valence-electron chi connectivity index (χ2n) is 6.16. The molecule has 0 radical (unpaired) electrons. The molecule has 0 amide bonds. The van der Waals surface area contributed by atoms with Crippen LogP contribution in [0.3, 0.4) is 0 Å². The normalized spacial score (nSPS) is 14.8. The first-order valence-corrected chi connectivity index (χ1v) is 12.8. The quantitative estimate of drug-likeness (QED) is 0.124. The van der Waals surface area contributed by atoms with E-state index in [0.717, 1.165) is 10.9 Å². The Labute approximate surface area is 146 Å². The van der Waals surface area contributed by atoms with Crippen LogP contribution in [0.5, 0.6) is 0 Å². The zero-order chi connectivity index (χ0) is 19.2. The fourth-order valence-corrected chi connectivity index (χ4v) is 4.60. The van der Waals surface area contributed by atoms with Crippen LogP contribution in [0.15, 0.2) is 0 Å². The molecule has 0 aromatic carbocycles. The van der Waals surface area contributed by atoms with Gasteiger partial charge in [-0.05, 0) is 49.4 Å². The predicted octanol–water partition coefficient (Wildman–Crippen LogP) is 8.95. The molecule has 0 unspecified atom stereocenters. The molecule has 0 rings (SSSR count). The summed E-state index contributed by atoms with van der Waals surface area (Å²) in [5.41, 5.74) is 0. The van der Waals surface area contributed by atoms with Crippen LogP contribution in [-0.2, 0) is 10.9 Å². The van der Waals surface area contributed by atoms with E-state index >= 15 is 0 Å². The maximum absolute atomic E-state index is 10.7. The monoisotopic (exact) mass is 404 g/mol. The van der Waals surface area contributed by atoms with Crippen molar-refractivity contribution in [3.63, 3.8) is 0 Å². The molecule has 0 aromatic rings. The average Bonchev–Trinajstić information content (AvgIpc) is 2.40. The number of hydrogen-bond donors (Lipinski definition) is 0. The topological polar surface area (TPSA) is 0 Å². The first-order chi connectivity index (χ1) is 10.8. The fourth-order valence-electron chi connectivity index (χ4n) is 2.15. The van der Waals surface area contributed by atoms with E-state index in [2.05, 4.69) is 20.8 Å². The van der Waals surface area contributed by atoms with E-state index in [1.165, 1.54) is 81.5 Å². The van der Waals surface area contributed by atoms with Crippen LogP contribution >= 0.6 is 7.81 Å². The second kappa shape index (κ2) is 11.9. The molecular weight excluding hydrogens is 369 g/mol. The van der Waals surface area contributed by atoms with Gasteiger partial charge in [-0.2, -0.15) is 0 Å². The number of unbranched alkanes of at least 4 members (excludes halogenated alkanes) is 7. The van der Waals surface area contributed by atoms with E-state index in [4.69, 9.17) is 0 Å². The van der Waals surface area contributed by atoms with Crippen LogP contribution in [-0.4, -0.2) is 17.3 Å². The van der Waals surface area contributed by atoms with Crippen molar-refractivity contribution in [3.05, 3.63) is 0 Å². The van der Waals surface area contributed by atoms with Gasteiger partial charge in [0.25, 0.3) is 0 Å². The minimum absolute atomic E-state index is 0.769. The van der Waals surface area contributed by atoms with E-state index < -0.39 is 7.81 Å². The van der Waals surface area contributed by atoms with Gasteiger partial charge in [0.2, 0.25) is 0 Å². The Morgan fingerprint density at radius 2 is 0.750 bits per heavy atom. The van der Waals surface area contributed by atoms with Crippen LogP contribution in [0.1, 0.15) is 85.0 Å². The van der Waals surface area contributed by atoms with Crippen molar-refractivity contribution in [2.45, 2.75) is 85.0 Å². The Bertz CT molecular complexity index is 269. The average molecular weight is 404 g/mol. The van der Waals surface area contributed by atoms with E-state index in [0.29, 0.717) is 0 Å². The zero-order valence-electron chi connectivity index (χ0n) is 15.3. The van der Waals surface area contributed by atoms with Gasteiger partial charge < -0.3 is 0 Å². The molecule has 152 valence electrons. The van der Waals surface area contributed by atoms with Gasteiger partial charge in [0, 0.05) is 0 Å². The molecule has 0 aliphatic carbocycles. The Kier molecular flexibility index (Phi) is 13.2. The third-order valence-corrected chi connectivity index (χ3v) is 5.96. The fraction of sp³-hybridized carbons (Fsp3) is 1.00. The van der Waals surface area contributed by atoms with Crippen molar-refractivity contribution < 1.29 is 25.2 Å². The summed E-state index contributed by atoms with van der Waals surface area (Å²) in [6, 6.07) is 0. The Morgan fingerprint density at radius 1 is 0.500 bits per heavy atom. The van der Waals surface area contributed by atoms with Gasteiger partial charge >= 0.3 is 33.0 Å². The van der Waals surface area contributed by atoms with Gasteiger partial charge in [-0.25, -0.2) is 0 Å². The van der Waals surface area contributed by atoms with Crippen molar-refractivity contribution in [1.29, 1.82) is 0 Å². The zero-order valence-corrected chi connectivity index (χ0v) is 17.0. The van der Waals surface area contributed by atoms with Crippen LogP contribution < -0.4 is 0 Å². The molecule has 0 saturated carbocycles. The maximum atomic E-state index is 9.87. The Morgan fingerprint density at radius 3 is 1.04 bits per heavy atom. The van der Waals surface area contributed by atoms with Crippen LogP contribution in [0.2, 0.25) is 0 Å². The van der Waals surface area contributed by atoms with Crippen LogP contribution in [0.25, 0.3) is 0 Å². The summed E-state index contributed by atoms with van der Waals surface area (Å²) in [4.78, 5) is 0. The summed E-state index contributed by atoms with van der Waals surface area (Å²) in [6.07, 6.45) is 14.4. The molecule has 0 bridgehead atoms. The van der Waals surface area contributed by atoms with Crippen molar-refractivity contribution >= 4 is 18.7 Å². The molecule has 0 atom stereocenters. The van der Waals surface area contributed by atoms with Crippen molar-refractivity contribution in [3.8, 4) is 0 Å². The molecule has 0 saturated heterocycles. The third-order valence-electron chi connectivity index (χ3n) is 3.36. The first kappa shape index (κ1) is 26.6. The summed E-state index contributed by atoms with van der Waals surface area (Å²) in [6.45, 7) is 6.94. The van der Waals surface area contributed by atoms with E-state index in [1.54, 1.807) is 0 Å². The third kappa shape index (κ3) is 38.1. The second-order valence-corrected chi connectivity index (χ2v) is 10.5. The molecule has 0 aliphatic heterocycles. The molecule has 0 N–H and O–H groups in total. The molecule has 0 heterocycles. The molecule has 0 spiro atoms. The standard InChI is InChI=1S/C16H35S.F6P/c1-4-7-10-13-16-17(14-11-8-5-2)15-12-9-6-3;1-7(2,3,4,5)6/h4-16H2,1-3H3;/q+1;-1. The summed E-state index contributed by atoms with van der Waals surface area (Å²) in [5.74, 6) is 4.60.